The van der Waals surface area contributed by atoms with Crippen LogP contribution in [0, 0.1) is 6.92 Å². The molecular weight excluding hydrogens is 318 g/mol. The summed E-state index contributed by atoms with van der Waals surface area (Å²) in [6.07, 6.45) is 2.31. The molecule has 2 rings (SSSR count). The monoisotopic (exact) mass is 343 g/mol. The number of nitrogens with one attached hydrogen (secondary N) is 1. The smallest absolute Gasteiger partial charge is 0.331 e. The van der Waals surface area contributed by atoms with Crippen LogP contribution in [-0.4, -0.2) is 20.6 Å². The Morgan fingerprint density at radius 1 is 1.24 bits per heavy atom. The van der Waals surface area contributed by atoms with Gasteiger partial charge in [0.05, 0.1) is 10.9 Å². The Bertz CT molecular complexity index is 930. The van der Waals surface area contributed by atoms with Crippen LogP contribution < -0.4 is 16.6 Å². The number of aryl methyl sites for hydroxylation is 2. The number of hydrogen-bond donors (Lipinski definition) is 1. The molecule has 2 aromatic rings. The molecule has 0 fully saturated rings. The highest BCUT2D eigenvalue weighted by atomic mass is 16.2. The predicted molar refractivity (Wildman–Crippen MR) is 99.9 cm³/mol. The lowest BCUT2D eigenvalue weighted by atomic mass is 10.1. The van der Waals surface area contributed by atoms with Crippen molar-refractivity contribution in [3.8, 4) is 0 Å². The van der Waals surface area contributed by atoms with E-state index in [-0.39, 0.29) is 12.5 Å². The van der Waals surface area contributed by atoms with Gasteiger partial charge >= 0.3 is 5.69 Å². The second kappa shape index (κ2) is 7.09. The lowest BCUT2D eigenvalue weighted by molar-refractivity contribution is -0.123. The molecule has 1 amide bonds. The Kier molecular flexibility index (Phi) is 5.30. The highest BCUT2D eigenvalue weighted by Gasteiger charge is 2.19. The molecule has 0 spiro atoms. The van der Waals surface area contributed by atoms with Gasteiger partial charge in [-0.2, -0.15) is 0 Å². The van der Waals surface area contributed by atoms with Crippen LogP contribution in [0.3, 0.4) is 0 Å². The molecule has 0 radical (unpaired) electrons. The highest BCUT2D eigenvalue weighted by Crippen LogP contribution is 2.14. The lowest BCUT2D eigenvalue weighted by Crippen LogP contribution is -2.47. The van der Waals surface area contributed by atoms with E-state index in [0.29, 0.717) is 23.9 Å². The van der Waals surface area contributed by atoms with Crippen molar-refractivity contribution in [2.24, 2.45) is 0 Å². The second-order valence-corrected chi connectivity index (χ2v) is 7.17. The van der Waals surface area contributed by atoms with E-state index < -0.39 is 16.8 Å². The summed E-state index contributed by atoms with van der Waals surface area (Å²) in [4.78, 5) is 37.9. The highest BCUT2D eigenvalue weighted by molar-refractivity contribution is 5.82. The van der Waals surface area contributed by atoms with Gasteiger partial charge < -0.3 is 5.32 Å². The number of carbonyl (C=O) groups is 1. The number of amides is 1. The van der Waals surface area contributed by atoms with E-state index in [9.17, 15) is 14.4 Å². The Morgan fingerprint density at radius 2 is 1.92 bits per heavy atom. The van der Waals surface area contributed by atoms with E-state index in [2.05, 4.69) is 11.9 Å². The summed E-state index contributed by atoms with van der Waals surface area (Å²) >= 11 is 0. The molecule has 0 unspecified atom stereocenters. The van der Waals surface area contributed by atoms with Crippen molar-refractivity contribution in [3.63, 3.8) is 0 Å². The van der Waals surface area contributed by atoms with Crippen molar-refractivity contribution in [2.75, 3.05) is 0 Å². The second-order valence-electron chi connectivity index (χ2n) is 7.17. The predicted octanol–water partition coefficient (Wildman–Crippen LogP) is 1.96. The molecular formula is C19H25N3O3. The normalized spacial score (nSPS) is 11.5. The lowest BCUT2D eigenvalue weighted by Gasteiger charge is -2.21. The summed E-state index contributed by atoms with van der Waals surface area (Å²) in [5, 5.41) is 3.22. The largest absolute Gasteiger partial charge is 0.350 e. The van der Waals surface area contributed by atoms with Crippen molar-refractivity contribution < 1.29 is 4.79 Å². The topological polar surface area (TPSA) is 73.1 Å². The van der Waals surface area contributed by atoms with Crippen molar-refractivity contribution in [2.45, 2.75) is 52.7 Å². The SMILES string of the molecule is C=CCCn1c(=O)n(CC(=O)NC(C)(C)C)c(=O)c2cccc(C)c21. The van der Waals surface area contributed by atoms with Crippen molar-refractivity contribution in [1.82, 2.24) is 14.5 Å². The Balaban J connectivity index is 2.65. The molecule has 0 aliphatic heterocycles. The molecule has 1 N–H and O–H groups in total. The van der Waals surface area contributed by atoms with Crippen LogP contribution in [0.15, 0.2) is 40.4 Å². The third-order valence-corrected chi connectivity index (χ3v) is 3.82. The van der Waals surface area contributed by atoms with Gasteiger partial charge in [0.2, 0.25) is 5.91 Å². The maximum absolute atomic E-state index is 12.9. The molecule has 1 aromatic carbocycles. The molecule has 1 aromatic heterocycles. The van der Waals surface area contributed by atoms with Crippen LogP contribution in [0.4, 0.5) is 0 Å². The Labute approximate surface area is 146 Å². The summed E-state index contributed by atoms with van der Waals surface area (Å²) in [6.45, 7) is 11.2. The maximum Gasteiger partial charge on any atom is 0.331 e. The minimum Gasteiger partial charge on any atom is -0.350 e. The van der Waals surface area contributed by atoms with Gasteiger partial charge in [-0.05, 0) is 45.7 Å². The van der Waals surface area contributed by atoms with E-state index in [4.69, 9.17) is 0 Å². The zero-order chi connectivity index (χ0) is 18.8. The van der Waals surface area contributed by atoms with Crippen LogP contribution in [0.25, 0.3) is 10.9 Å². The van der Waals surface area contributed by atoms with Gasteiger partial charge in [0.15, 0.2) is 0 Å². The van der Waals surface area contributed by atoms with Gasteiger partial charge in [-0.25, -0.2) is 4.79 Å². The summed E-state index contributed by atoms with van der Waals surface area (Å²) in [7, 11) is 0. The first-order valence-corrected chi connectivity index (χ1v) is 8.30. The van der Waals surface area contributed by atoms with Gasteiger partial charge in [0, 0.05) is 12.1 Å². The Morgan fingerprint density at radius 3 is 2.52 bits per heavy atom. The fraction of sp³-hybridized carbons (Fsp3) is 0.421. The van der Waals surface area contributed by atoms with Crippen molar-refractivity contribution in [3.05, 3.63) is 57.3 Å². The average Bonchev–Trinajstić information content (AvgIpc) is 2.50. The number of benzene rings is 1. The van der Waals surface area contributed by atoms with E-state index in [1.54, 1.807) is 22.8 Å². The molecule has 25 heavy (non-hydrogen) atoms. The number of allylic oxidation sites excluding steroid dienone is 1. The van der Waals surface area contributed by atoms with Gasteiger partial charge in [-0.1, -0.05) is 18.2 Å². The number of carbonyl (C=O) groups excluding carboxylic acids is 1. The summed E-state index contributed by atoms with van der Waals surface area (Å²) in [6, 6.07) is 5.33. The van der Waals surface area contributed by atoms with Crippen LogP contribution >= 0.6 is 0 Å². The fourth-order valence-corrected chi connectivity index (χ4v) is 2.83. The first-order valence-electron chi connectivity index (χ1n) is 8.30. The summed E-state index contributed by atoms with van der Waals surface area (Å²) in [5.74, 6) is -0.367. The van der Waals surface area contributed by atoms with Crippen LogP contribution in [0.5, 0.6) is 0 Å². The number of aromatic nitrogens is 2. The molecule has 0 atom stereocenters. The van der Waals surface area contributed by atoms with Crippen LogP contribution in [0.2, 0.25) is 0 Å². The van der Waals surface area contributed by atoms with E-state index in [1.165, 1.54) is 0 Å². The number of hydrogen-bond acceptors (Lipinski definition) is 3. The molecule has 0 aliphatic rings. The van der Waals surface area contributed by atoms with Gasteiger partial charge in [0.25, 0.3) is 5.56 Å². The van der Waals surface area contributed by atoms with E-state index in [1.807, 2.05) is 33.8 Å². The zero-order valence-electron chi connectivity index (χ0n) is 15.3. The molecule has 134 valence electrons. The molecule has 1 heterocycles. The quantitative estimate of drug-likeness (QED) is 0.844. The minimum absolute atomic E-state index is 0.299. The molecule has 6 heteroatoms. The fourth-order valence-electron chi connectivity index (χ4n) is 2.83. The van der Waals surface area contributed by atoms with Crippen LogP contribution in [-0.2, 0) is 17.9 Å². The average molecular weight is 343 g/mol. The van der Waals surface area contributed by atoms with E-state index >= 15 is 0 Å². The number of para-hydroxylation sites is 1. The summed E-state index contributed by atoms with van der Waals surface area (Å²) < 4.78 is 2.56. The van der Waals surface area contributed by atoms with Crippen LogP contribution in [0.1, 0.15) is 32.8 Å². The number of rotatable bonds is 5. The molecule has 0 saturated heterocycles. The number of fused-ring (bicyclic) bond motifs is 1. The number of nitrogens with zero attached hydrogens (tertiary/aromatic N) is 2. The molecule has 0 saturated carbocycles. The third kappa shape index (κ3) is 4.07. The molecule has 0 aliphatic carbocycles. The first-order chi connectivity index (χ1) is 11.7. The third-order valence-electron chi connectivity index (χ3n) is 3.82. The van der Waals surface area contributed by atoms with E-state index in [0.717, 1.165) is 10.1 Å². The summed E-state index contributed by atoms with van der Waals surface area (Å²) in [5.41, 5.74) is 0.116. The maximum atomic E-state index is 12.9. The molecule has 6 nitrogen and oxygen atoms in total. The van der Waals surface area contributed by atoms with Gasteiger partial charge in [-0.3, -0.25) is 18.7 Å². The minimum atomic E-state index is -0.474. The van der Waals surface area contributed by atoms with Crippen molar-refractivity contribution >= 4 is 16.8 Å². The van der Waals surface area contributed by atoms with Gasteiger partial charge in [-0.15, -0.1) is 6.58 Å². The zero-order valence-corrected chi connectivity index (χ0v) is 15.3. The molecule has 0 bridgehead atoms. The first kappa shape index (κ1) is 18.7. The van der Waals surface area contributed by atoms with Crippen molar-refractivity contribution in [1.29, 1.82) is 0 Å². The Hall–Kier alpha value is -2.63. The van der Waals surface area contributed by atoms with Gasteiger partial charge in [0.1, 0.15) is 6.54 Å². The standard InChI is InChI=1S/C19H25N3O3/c1-6-7-11-21-16-13(2)9-8-10-14(16)17(24)22(18(21)25)12-15(23)20-19(3,4)5/h6,8-10H,1,7,11-12H2,2-5H3,(H,20,23).